The normalized spacial score (nSPS) is 10.5. The summed E-state index contributed by atoms with van der Waals surface area (Å²) >= 11 is 0. The van der Waals surface area contributed by atoms with E-state index in [-0.39, 0.29) is 11.8 Å². The van der Waals surface area contributed by atoms with Gasteiger partial charge in [-0.3, -0.25) is 14.3 Å². The van der Waals surface area contributed by atoms with E-state index in [0.29, 0.717) is 30.9 Å². The van der Waals surface area contributed by atoms with Gasteiger partial charge < -0.3 is 10.2 Å². The monoisotopic (exact) mass is 376 g/mol. The van der Waals surface area contributed by atoms with E-state index in [1.165, 1.54) is 4.68 Å². The highest BCUT2D eigenvalue weighted by molar-refractivity contribution is 5.95. The summed E-state index contributed by atoms with van der Waals surface area (Å²) in [5.41, 5.74) is 2.46. The van der Waals surface area contributed by atoms with Crippen molar-refractivity contribution in [3.63, 3.8) is 0 Å². The van der Waals surface area contributed by atoms with Crippen molar-refractivity contribution in [1.29, 1.82) is 0 Å². The molecular formula is C22H24N4O2. The molecule has 6 nitrogen and oxygen atoms in total. The Labute approximate surface area is 164 Å². The highest BCUT2D eigenvalue weighted by Crippen LogP contribution is 2.13. The SMILES string of the molecule is CN(Cc1ccccc1)C(=O)c1cc(NC(=O)CCc2ccccc2)n(C)n1. The second-order valence-electron chi connectivity index (χ2n) is 6.72. The Morgan fingerprint density at radius 1 is 1.00 bits per heavy atom. The van der Waals surface area contributed by atoms with Crippen LogP contribution in [0, 0.1) is 0 Å². The lowest BCUT2D eigenvalue weighted by molar-refractivity contribution is -0.116. The molecule has 0 unspecified atom stereocenters. The van der Waals surface area contributed by atoms with Crippen LogP contribution in [0.25, 0.3) is 0 Å². The average Bonchev–Trinajstić information content (AvgIpc) is 3.07. The molecule has 0 aliphatic carbocycles. The topological polar surface area (TPSA) is 67.2 Å². The number of anilines is 1. The van der Waals surface area contributed by atoms with Gasteiger partial charge in [0, 0.05) is 33.1 Å². The quantitative estimate of drug-likeness (QED) is 0.688. The smallest absolute Gasteiger partial charge is 0.274 e. The van der Waals surface area contributed by atoms with E-state index in [4.69, 9.17) is 0 Å². The van der Waals surface area contributed by atoms with Gasteiger partial charge in [-0.05, 0) is 17.5 Å². The van der Waals surface area contributed by atoms with E-state index in [9.17, 15) is 9.59 Å². The third-order valence-corrected chi connectivity index (χ3v) is 4.46. The number of benzene rings is 2. The molecule has 0 spiro atoms. The number of amides is 2. The molecule has 0 saturated heterocycles. The van der Waals surface area contributed by atoms with Gasteiger partial charge in [0.1, 0.15) is 5.82 Å². The molecule has 0 saturated carbocycles. The molecule has 6 heteroatoms. The maximum atomic E-state index is 12.6. The molecule has 1 N–H and O–H groups in total. The summed E-state index contributed by atoms with van der Waals surface area (Å²) in [6.45, 7) is 0.495. The molecule has 0 aliphatic rings. The van der Waals surface area contributed by atoms with Crippen molar-refractivity contribution in [3.8, 4) is 0 Å². The zero-order valence-electron chi connectivity index (χ0n) is 16.1. The maximum Gasteiger partial charge on any atom is 0.274 e. The minimum atomic E-state index is -0.191. The molecule has 28 heavy (non-hydrogen) atoms. The third kappa shape index (κ3) is 5.07. The number of carbonyl (C=O) groups is 2. The van der Waals surface area contributed by atoms with Crippen LogP contribution in [-0.4, -0.2) is 33.5 Å². The van der Waals surface area contributed by atoms with Crippen molar-refractivity contribution < 1.29 is 9.59 Å². The lowest BCUT2D eigenvalue weighted by atomic mass is 10.1. The minimum Gasteiger partial charge on any atom is -0.336 e. The maximum absolute atomic E-state index is 12.6. The molecule has 1 aromatic heterocycles. The number of hydrogen-bond donors (Lipinski definition) is 1. The van der Waals surface area contributed by atoms with E-state index in [1.807, 2.05) is 60.7 Å². The van der Waals surface area contributed by atoms with Crippen molar-refractivity contribution >= 4 is 17.6 Å². The first-order valence-corrected chi connectivity index (χ1v) is 9.20. The van der Waals surface area contributed by atoms with Gasteiger partial charge in [-0.1, -0.05) is 60.7 Å². The Kier molecular flexibility index (Phi) is 6.22. The van der Waals surface area contributed by atoms with Gasteiger partial charge in [-0.25, -0.2) is 0 Å². The zero-order chi connectivity index (χ0) is 19.9. The van der Waals surface area contributed by atoms with Gasteiger partial charge in [-0.15, -0.1) is 0 Å². The molecule has 3 rings (SSSR count). The van der Waals surface area contributed by atoms with Crippen LogP contribution in [0.1, 0.15) is 28.0 Å². The summed E-state index contributed by atoms with van der Waals surface area (Å²) in [6.07, 6.45) is 1.03. The first-order chi connectivity index (χ1) is 13.5. The van der Waals surface area contributed by atoms with Crippen molar-refractivity contribution in [2.24, 2.45) is 7.05 Å². The number of aryl methyl sites for hydroxylation is 2. The summed E-state index contributed by atoms with van der Waals surface area (Å²) in [7, 11) is 3.45. The number of rotatable bonds is 7. The standard InChI is InChI=1S/C22H24N4O2/c1-25(16-18-11-7-4-8-12-18)22(28)19-15-20(26(2)24-19)23-21(27)14-13-17-9-5-3-6-10-17/h3-12,15H,13-14,16H2,1-2H3,(H,23,27). The van der Waals surface area contributed by atoms with E-state index in [1.54, 1.807) is 25.1 Å². The highest BCUT2D eigenvalue weighted by Gasteiger charge is 2.18. The van der Waals surface area contributed by atoms with E-state index in [0.717, 1.165) is 11.1 Å². The Morgan fingerprint density at radius 3 is 2.25 bits per heavy atom. The molecule has 1 heterocycles. The van der Waals surface area contributed by atoms with Crippen LogP contribution in [0.2, 0.25) is 0 Å². The van der Waals surface area contributed by atoms with Crippen LogP contribution in [-0.2, 0) is 24.8 Å². The third-order valence-electron chi connectivity index (χ3n) is 4.46. The Balaban J connectivity index is 1.59. The number of nitrogens with zero attached hydrogens (tertiary/aromatic N) is 3. The second-order valence-corrected chi connectivity index (χ2v) is 6.72. The Hall–Kier alpha value is -3.41. The van der Waals surface area contributed by atoms with Crippen molar-refractivity contribution in [3.05, 3.63) is 83.6 Å². The number of aromatic nitrogens is 2. The van der Waals surface area contributed by atoms with Gasteiger partial charge in [0.25, 0.3) is 5.91 Å². The predicted molar refractivity (Wildman–Crippen MR) is 109 cm³/mol. The molecule has 0 radical (unpaired) electrons. The van der Waals surface area contributed by atoms with Crippen LogP contribution in [0.15, 0.2) is 66.7 Å². The molecule has 0 atom stereocenters. The van der Waals surface area contributed by atoms with Crippen LogP contribution in [0.3, 0.4) is 0 Å². The van der Waals surface area contributed by atoms with Gasteiger partial charge >= 0.3 is 0 Å². The minimum absolute atomic E-state index is 0.108. The Bertz CT molecular complexity index is 936. The fourth-order valence-corrected chi connectivity index (χ4v) is 2.92. The van der Waals surface area contributed by atoms with Crippen LogP contribution in [0.5, 0.6) is 0 Å². The molecular weight excluding hydrogens is 352 g/mol. The molecule has 2 aromatic carbocycles. The van der Waals surface area contributed by atoms with Crippen molar-refractivity contribution in [1.82, 2.24) is 14.7 Å². The van der Waals surface area contributed by atoms with E-state index >= 15 is 0 Å². The number of carbonyl (C=O) groups excluding carboxylic acids is 2. The highest BCUT2D eigenvalue weighted by atomic mass is 16.2. The summed E-state index contributed by atoms with van der Waals surface area (Å²) in [6, 6.07) is 21.2. The van der Waals surface area contributed by atoms with Crippen molar-refractivity contribution in [2.75, 3.05) is 12.4 Å². The largest absolute Gasteiger partial charge is 0.336 e. The van der Waals surface area contributed by atoms with E-state index < -0.39 is 0 Å². The van der Waals surface area contributed by atoms with E-state index in [2.05, 4.69) is 10.4 Å². The summed E-state index contributed by atoms with van der Waals surface area (Å²) in [5.74, 6) is 0.210. The molecule has 0 fully saturated rings. The molecule has 2 amide bonds. The average molecular weight is 376 g/mol. The lowest BCUT2D eigenvalue weighted by Gasteiger charge is -2.15. The predicted octanol–water partition coefficient (Wildman–Crippen LogP) is 3.26. The first-order valence-electron chi connectivity index (χ1n) is 9.20. The Morgan fingerprint density at radius 2 is 1.61 bits per heavy atom. The van der Waals surface area contributed by atoms with Crippen LogP contribution in [0.4, 0.5) is 5.82 Å². The molecule has 0 aliphatic heterocycles. The first kappa shape index (κ1) is 19.4. The summed E-state index contributed by atoms with van der Waals surface area (Å²) < 4.78 is 1.52. The second kappa shape index (κ2) is 8.99. The summed E-state index contributed by atoms with van der Waals surface area (Å²) in [4.78, 5) is 26.5. The van der Waals surface area contributed by atoms with Gasteiger partial charge in [-0.2, -0.15) is 5.10 Å². The van der Waals surface area contributed by atoms with Gasteiger partial charge in [0.2, 0.25) is 5.91 Å². The summed E-state index contributed by atoms with van der Waals surface area (Å²) in [5, 5.41) is 7.09. The fourth-order valence-electron chi connectivity index (χ4n) is 2.92. The molecule has 3 aromatic rings. The molecule has 0 bridgehead atoms. The van der Waals surface area contributed by atoms with Crippen molar-refractivity contribution in [2.45, 2.75) is 19.4 Å². The van der Waals surface area contributed by atoms with Crippen LogP contribution >= 0.6 is 0 Å². The van der Waals surface area contributed by atoms with Gasteiger partial charge in [0.15, 0.2) is 5.69 Å². The van der Waals surface area contributed by atoms with Gasteiger partial charge in [0.05, 0.1) is 0 Å². The fraction of sp³-hybridized carbons (Fsp3) is 0.227. The lowest BCUT2D eigenvalue weighted by Crippen LogP contribution is -2.26. The number of nitrogens with one attached hydrogen (secondary N) is 1. The zero-order valence-corrected chi connectivity index (χ0v) is 16.1. The van der Waals surface area contributed by atoms with Crippen LogP contribution < -0.4 is 5.32 Å². The number of hydrogen-bond acceptors (Lipinski definition) is 3. The molecule has 144 valence electrons.